The minimum atomic E-state index is -0.820. The van der Waals surface area contributed by atoms with Gasteiger partial charge in [-0.05, 0) is 116 Å². The third-order valence-corrected chi connectivity index (χ3v) is 14.8. The molecule has 4 saturated carbocycles. The average Bonchev–Trinajstić information content (AvgIpc) is 2.94. The van der Waals surface area contributed by atoms with Crippen molar-refractivity contribution in [3.63, 3.8) is 0 Å². The van der Waals surface area contributed by atoms with Crippen LogP contribution in [0.5, 0.6) is 0 Å². The van der Waals surface area contributed by atoms with E-state index in [0.29, 0.717) is 18.3 Å². The van der Waals surface area contributed by atoms with Crippen molar-refractivity contribution in [1.82, 2.24) is 0 Å². The van der Waals surface area contributed by atoms with Crippen LogP contribution < -0.4 is 10.8 Å². The second-order valence-corrected chi connectivity index (χ2v) is 17.7. The van der Waals surface area contributed by atoms with Crippen LogP contribution in [0.25, 0.3) is 0 Å². The van der Waals surface area contributed by atoms with Gasteiger partial charge in [0.05, 0.1) is 12.7 Å². The molecule has 8 heteroatoms. The van der Waals surface area contributed by atoms with Gasteiger partial charge in [0.2, 0.25) is 0 Å². The minimum Gasteiger partial charge on any atom is -0.550 e. The highest BCUT2D eigenvalue weighted by molar-refractivity contribution is 7.98. The molecule has 246 valence electrons. The van der Waals surface area contributed by atoms with Crippen LogP contribution in [-0.4, -0.2) is 58.0 Å². The summed E-state index contributed by atoms with van der Waals surface area (Å²) in [5.41, 5.74) is 4.07. The van der Waals surface area contributed by atoms with Gasteiger partial charge in [-0.3, -0.25) is 0 Å². The van der Waals surface area contributed by atoms with Crippen LogP contribution in [0.4, 0.5) is 0 Å². The van der Waals surface area contributed by atoms with E-state index in [2.05, 4.69) is 53.4 Å². The Balaban J connectivity index is 0.000000410. The number of quaternary nitrogens is 1. The number of hydrogen-bond donors (Lipinski definition) is 4. The highest BCUT2D eigenvalue weighted by Crippen LogP contribution is 2.75. The molecule has 0 aromatic heterocycles. The van der Waals surface area contributed by atoms with Gasteiger partial charge in [0.15, 0.2) is 6.04 Å². The number of fused-ring (bicyclic) bond motifs is 7. The average molecular weight is 622 g/mol. The number of carboxylic acid groups (broad SMARTS) is 2. The largest absolute Gasteiger partial charge is 0.550 e. The van der Waals surface area contributed by atoms with Gasteiger partial charge < -0.3 is 31.0 Å². The summed E-state index contributed by atoms with van der Waals surface area (Å²) in [6, 6.07) is -0.433. The second kappa shape index (κ2) is 11.9. The molecule has 5 aliphatic carbocycles. The van der Waals surface area contributed by atoms with Crippen molar-refractivity contribution in [2.24, 2.45) is 50.2 Å². The number of rotatable bonds is 6. The van der Waals surface area contributed by atoms with Crippen molar-refractivity contribution >= 4 is 23.7 Å². The van der Waals surface area contributed by atoms with Gasteiger partial charge in [-0.1, -0.05) is 53.2 Å². The van der Waals surface area contributed by atoms with Crippen molar-refractivity contribution in [2.75, 3.05) is 18.6 Å². The highest BCUT2D eigenvalue weighted by atomic mass is 32.2. The first kappa shape index (κ1) is 34.8. The Morgan fingerprint density at radius 2 is 1.67 bits per heavy atom. The fraction of sp³-hybridized carbons (Fsp3) is 0.886. The normalized spacial score (nSPS) is 45.5. The van der Waals surface area contributed by atoms with Gasteiger partial charge in [0, 0.05) is 23.2 Å². The monoisotopic (exact) mass is 621 g/mol. The van der Waals surface area contributed by atoms with E-state index in [1.54, 1.807) is 11.8 Å². The summed E-state index contributed by atoms with van der Waals surface area (Å²) in [5.74, 6) is 0.130. The molecular weight excluding hydrogens is 562 g/mol. The zero-order valence-corrected chi connectivity index (χ0v) is 28.7. The Morgan fingerprint density at radius 3 is 2.26 bits per heavy atom. The maximum Gasteiger partial charge on any atom is 0.362 e. The van der Waals surface area contributed by atoms with E-state index in [9.17, 15) is 24.9 Å². The number of thioether (sulfide) groups is 1. The lowest BCUT2D eigenvalue weighted by Gasteiger charge is -2.71. The standard InChI is InChI=1S/C30H48O4.C5H11NO2S/c1-25(2)13-15-30(24(33)34)16-14-28(5)19(20(30)17-25)7-8-22-26(3)11-10-23(32)27(4,18-31)21(26)9-12-29(22,28)6;1-9-3-2-4(6)5(7)8/h7,20-23,31-32H,8-18H2,1-6H3,(H,33,34);4H,2-3,6H2,1H3,(H,7,8). The number of hydrogen-bond acceptors (Lipinski definition) is 6. The smallest absolute Gasteiger partial charge is 0.362 e. The molecule has 10 unspecified atom stereocenters. The molecule has 0 aromatic rings. The quantitative estimate of drug-likeness (QED) is 0.324. The van der Waals surface area contributed by atoms with Crippen molar-refractivity contribution in [3.8, 4) is 0 Å². The summed E-state index contributed by atoms with van der Waals surface area (Å²) < 4.78 is 0. The van der Waals surface area contributed by atoms with Crippen LogP contribution >= 0.6 is 11.8 Å². The van der Waals surface area contributed by atoms with Crippen LogP contribution in [0.1, 0.15) is 112 Å². The van der Waals surface area contributed by atoms with E-state index in [1.807, 2.05) is 6.26 Å². The van der Waals surface area contributed by atoms with Crippen molar-refractivity contribution in [2.45, 2.75) is 124 Å². The molecule has 0 aromatic carbocycles. The molecule has 5 aliphatic rings. The van der Waals surface area contributed by atoms with Crippen LogP contribution in [0, 0.1) is 50.2 Å². The van der Waals surface area contributed by atoms with E-state index in [-0.39, 0.29) is 34.2 Å². The minimum absolute atomic E-state index is 0.00733. The predicted octanol–water partition coefficient (Wildman–Crippen LogP) is 4.31. The fourth-order valence-corrected chi connectivity index (χ4v) is 11.5. The van der Waals surface area contributed by atoms with Crippen molar-refractivity contribution in [3.05, 3.63) is 11.6 Å². The molecule has 0 radical (unpaired) electrons. The topological polar surface area (TPSA) is 146 Å². The van der Waals surface area contributed by atoms with Crippen LogP contribution in [0.3, 0.4) is 0 Å². The molecule has 0 amide bonds. The number of carboxylic acids is 2. The number of aliphatic hydroxyl groups excluding tert-OH is 2. The number of aliphatic carboxylic acids is 2. The summed E-state index contributed by atoms with van der Waals surface area (Å²) >= 11 is 1.64. The predicted molar refractivity (Wildman–Crippen MR) is 169 cm³/mol. The number of aliphatic hydroxyl groups is 2. The molecule has 7 nitrogen and oxygen atoms in total. The maximum absolute atomic E-state index is 12.7. The first-order valence-electron chi connectivity index (χ1n) is 16.6. The molecule has 6 N–H and O–H groups in total. The fourth-order valence-electron chi connectivity index (χ4n) is 11.0. The first-order valence-corrected chi connectivity index (χ1v) is 18.0. The maximum atomic E-state index is 12.7. The summed E-state index contributed by atoms with van der Waals surface area (Å²) in [7, 11) is 0. The van der Waals surface area contributed by atoms with Gasteiger partial charge in [-0.2, -0.15) is 11.8 Å². The summed E-state index contributed by atoms with van der Waals surface area (Å²) in [4.78, 5) is 22.8. The summed E-state index contributed by atoms with van der Waals surface area (Å²) in [6.07, 6.45) is 13.8. The van der Waals surface area contributed by atoms with Crippen molar-refractivity contribution in [1.29, 1.82) is 0 Å². The first-order chi connectivity index (χ1) is 19.9. The van der Waals surface area contributed by atoms with Crippen LogP contribution in [-0.2, 0) is 9.59 Å². The number of allylic oxidation sites excluding steroid dienone is 2. The van der Waals surface area contributed by atoms with Crippen LogP contribution in [0.15, 0.2) is 11.6 Å². The molecule has 43 heavy (non-hydrogen) atoms. The highest BCUT2D eigenvalue weighted by Gasteiger charge is 2.68. The molecule has 0 bridgehead atoms. The molecular formula is C35H59NO6S. The lowest BCUT2D eigenvalue weighted by atomic mass is 9.33. The van der Waals surface area contributed by atoms with Gasteiger partial charge in [0.1, 0.15) is 0 Å². The third-order valence-electron chi connectivity index (χ3n) is 14.2. The van der Waals surface area contributed by atoms with Gasteiger partial charge in [-0.25, -0.2) is 4.79 Å². The van der Waals surface area contributed by atoms with E-state index < -0.39 is 34.9 Å². The Kier molecular flexibility index (Phi) is 9.65. The number of carbonyl (C=O) groups excluding carboxylic acids is 1. The molecule has 10 atom stereocenters. The third kappa shape index (κ3) is 5.42. The Hall–Kier alpha value is -1.09. The lowest BCUT2D eigenvalue weighted by Crippen LogP contribution is -2.66. The summed E-state index contributed by atoms with van der Waals surface area (Å²) in [5, 5.41) is 42.3. The van der Waals surface area contributed by atoms with Gasteiger partial charge in [0.25, 0.3) is 0 Å². The van der Waals surface area contributed by atoms with Crippen LogP contribution in [0.2, 0.25) is 0 Å². The zero-order valence-electron chi connectivity index (χ0n) is 27.8. The molecule has 5 rings (SSSR count). The molecule has 0 heterocycles. The number of carbonyl (C=O) groups is 2. The summed E-state index contributed by atoms with van der Waals surface area (Å²) in [6.45, 7) is 14.2. The van der Waals surface area contributed by atoms with E-state index >= 15 is 0 Å². The van der Waals surface area contributed by atoms with Gasteiger partial charge in [-0.15, -0.1) is 0 Å². The lowest BCUT2D eigenvalue weighted by molar-refractivity contribution is -0.407. The Morgan fingerprint density at radius 1 is 1.02 bits per heavy atom. The Labute approximate surface area is 263 Å². The second-order valence-electron chi connectivity index (χ2n) is 16.7. The Bertz CT molecular complexity index is 1110. The van der Waals surface area contributed by atoms with E-state index in [0.717, 1.165) is 70.0 Å². The van der Waals surface area contributed by atoms with E-state index in [1.165, 1.54) is 5.57 Å². The van der Waals surface area contributed by atoms with Gasteiger partial charge >= 0.3 is 5.97 Å². The van der Waals surface area contributed by atoms with Crippen molar-refractivity contribution < 1.29 is 35.7 Å². The molecule has 0 spiro atoms. The SMILES string of the molecule is CC1(C)CCC2(C(=O)[O-])CCC3(C)C(=CCC4C5(C)CCC(O)C(C)(CO)C5CCC43C)C2C1.CSCCC([NH3+])C(=O)O. The molecule has 4 fully saturated rings. The molecule has 0 aliphatic heterocycles. The van der Waals surface area contributed by atoms with E-state index in [4.69, 9.17) is 5.11 Å². The zero-order chi connectivity index (χ0) is 32.2. The molecule has 0 saturated heterocycles.